The Hall–Kier alpha value is -1.03. The van der Waals surface area contributed by atoms with Gasteiger partial charge in [0.2, 0.25) is 0 Å². The van der Waals surface area contributed by atoms with E-state index in [4.69, 9.17) is 0 Å². The molecule has 1 unspecified atom stereocenters. The molecule has 0 fully saturated rings. The average molecular weight is 260 g/mol. The molecule has 0 aromatic heterocycles. The molecule has 1 N–H and O–H groups in total. The highest BCUT2D eigenvalue weighted by atomic mass is 19.4. The smallest absolute Gasteiger partial charge is 0.388 e. The van der Waals surface area contributed by atoms with Gasteiger partial charge in [0.05, 0.1) is 11.7 Å². The Morgan fingerprint density at radius 1 is 1.11 bits per heavy atom. The zero-order valence-corrected chi connectivity index (χ0v) is 10.5. The predicted octanol–water partition coefficient (Wildman–Crippen LogP) is 4.71. The maximum absolute atomic E-state index is 12.7. The fourth-order valence-corrected chi connectivity index (χ4v) is 1.97. The minimum absolute atomic E-state index is 0.0125. The van der Waals surface area contributed by atoms with Gasteiger partial charge in [0.1, 0.15) is 0 Å². The van der Waals surface area contributed by atoms with Gasteiger partial charge in [0.15, 0.2) is 0 Å². The van der Waals surface area contributed by atoms with Gasteiger partial charge in [-0.2, -0.15) is 13.2 Å². The normalized spacial score (nSPS) is 13.6. The van der Waals surface area contributed by atoms with Crippen molar-refractivity contribution in [3.05, 3.63) is 35.4 Å². The fourth-order valence-electron chi connectivity index (χ4n) is 1.97. The van der Waals surface area contributed by atoms with Gasteiger partial charge in [-0.05, 0) is 18.1 Å². The molecule has 0 aliphatic heterocycles. The Balaban J connectivity index is 2.70. The van der Waals surface area contributed by atoms with Crippen molar-refractivity contribution in [1.29, 1.82) is 0 Å². The number of halogens is 3. The van der Waals surface area contributed by atoms with Gasteiger partial charge in [-0.1, -0.05) is 50.8 Å². The molecule has 0 bridgehead atoms. The van der Waals surface area contributed by atoms with Crippen LogP contribution in [-0.2, 0) is 6.18 Å². The minimum atomic E-state index is -4.40. The third-order valence-electron chi connectivity index (χ3n) is 2.96. The topological polar surface area (TPSA) is 20.2 Å². The molecule has 1 aromatic rings. The number of hydrogen-bond acceptors (Lipinski definition) is 1. The zero-order valence-electron chi connectivity index (χ0n) is 10.5. The zero-order chi connectivity index (χ0) is 13.6. The molecular formula is C14H19F3O. The first-order chi connectivity index (χ1) is 8.46. The van der Waals surface area contributed by atoms with E-state index in [1.807, 2.05) is 0 Å². The molecule has 1 rings (SSSR count). The van der Waals surface area contributed by atoms with Crippen LogP contribution in [0.25, 0.3) is 0 Å². The summed E-state index contributed by atoms with van der Waals surface area (Å²) >= 11 is 0. The van der Waals surface area contributed by atoms with Crippen molar-refractivity contribution in [2.45, 2.75) is 51.3 Å². The van der Waals surface area contributed by atoms with Crippen molar-refractivity contribution in [1.82, 2.24) is 0 Å². The van der Waals surface area contributed by atoms with Crippen molar-refractivity contribution in [2.75, 3.05) is 0 Å². The summed E-state index contributed by atoms with van der Waals surface area (Å²) in [5, 5.41) is 9.86. The summed E-state index contributed by atoms with van der Waals surface area (Å²) in [6.45, 7) is 2.06. The summed E-state index contributed by atoms with van der Waals surface area (Å²) in [5.74, 6) is 0. The SMILES string of the molecule is CCCCCCC(O)c1ccccc1C(F)(F)F. The maximum atomic E-state index is 12.7. The third kappa shape index (κ3) is 4.33. The van der Waals surface area contributed by atoms with Gasteiger partial charge >= 0.3 is 6.18 Å². The van der Waals surface area contributed by atoms with Crippen molar-refractivity contribution >= 4 is 0 Å². The highest BCUT2D eigenvalue weighted by molar-refractivity contribution is 5.31. The Labute approximate surface area is 106 Å². The largest absolute Gasteiger partial charge is 0.416 e. The van der Waals surface area contributed by atoms with Crippen LogP contribution in [-0.4, -0.2) is 5.11 Å². The number of aliphatic hydroxyl groups excluding tert-OH is 1. The second-order valence-electron chi connectivity index (χ2n) is 4.45. The summed E-state index contributed by atoms with van der Waals surface area (Å²) in [7, 11) is 0. The molecule has 0 saturated carbocycles. The first-order valence-electron chi connectivity index (χ1n) is 6.31. The highest BCUT2D eigenvalue weighted by Crippen LogP contribution is 2.35. The summed E-state index contributed by atoms with van der Waals surface area (Å²) in [4.78, 5) is 0. The molecule has 0 amide bonds. The van der Waals surface area contributed by atoms with Gasteiger partial charge in [-0.3, -0.25) is 0 Å². The first-order valence-corrected chi connectivity index (χ1v) is 6.31. The van der Waals surface area contributed by atoms with Crippen molar-refractivity contribution in [3.63, 3.8) is 0 Å². The minimum Gasteiger partial charge on any atom is -0.388 e. The van der Waals surface area contributed by atoms with Crippen LogP contribution in [0.15, 0.2) is 24.3 Å². The van der Waals surface area contributed by atoms with E-state index in [1.54, 1.807) is 0 Å². The second-order valence-corrected chi connectivity index (χ2v) is 4.45. The molecule has 1 nitrogen and oxygen atoms in total. The van der Waals surface area contributed by atoms with Gasteiger partial charge in [0, 0.05) is 0 Å². The molecule has 0 aliphatic rings. The number of hydrogen-bond donors (Lipinski definition) is 1. The van der Waals surface area contributed by atoms with E-state index in [9.17, 15) is 18.3 Å². The van der Waals surface area contributed by atoms with Crippen LogP contribution >= 0.6 is 0 Å². The monoisotopic (exact) mass is 260 g/mol. The Morgan fingerprint density at radius 2 is 1.78 bits per heavy atom. The lowest BCUT2D eigenvalue weighted by Gasteiger charge is -2.17. The molecule has 0 heterocycles. The molecule has 4 heteroatoms. The Kier molecular flexibility index (Phi) is 5.66. The van der Waals surface area contributed by atoms with Gasteiger partial charge in [0.25, 0.3) is 0 Å². The quantitative estimate of drug-likeness (QED) is 0.734. The maximum Gasteiger partial charge on any atom is 0.416 e. The second kappa shape index (κ2) is 6.78. The van der Waals surface area contributed by atoms with Crippen LogP contribution in [0.1, 0.15) is 56.3 Å². The van der Waals surface area contributed by atoms with E-state index >= 15 is 0 Å². The lowest BCUT2D eigenvalue weighted by Crippen LogP contribution is -2.12. The van der Waals surface area contributed by atoms with Crippen LogP contribution in [0.2, 0.25) is 0 Å². The summed E-state index contributed by atoms with van der Waals surface area (Å²) in [6, 6.07) is 5.24. The number of rotatable bonds is 6. The highest BCUT2D eigenvalue weighted by Gasteiger charge is 2.34. The summed E-state index contributed by atoms with van der Waals surface area (Å²) in [6.07, 6.45) is -1.24. The Bertz CT molecular complexity index is 360. The average Bonchev–Trinajstić information content (AvgIpc) is 2.33. The number of alkyl halides is 3. The lowest BCUT2D eigenvalue weighted by molar-refractivity contribution is -0.139. The molecule has 0 saturated heterocycles. The van der Waals surface area contributed by atoms with E-state index in [0.717, 1.165) is 31.7 Å². The van der Waals surface area contributed by atoms with E-state index in [2.05, 4.69) is 6.92 Å². The van der Waals surface area contributed by atoms with Crippen molar-refractivity contribution in [2.24, 2.45) is 0 Å². The van der Waals surface area contributed by atoms with Crippen LogP contribution in [0.4, 0.5) is 13.2 Å². The van der Waals surface area contributed by atoms with E-state index in [0.29, 0.717) is 6.42 Å². The molecule has 18 heavy (non-hydrogen) atoms. The summed E-state index contributed by atoms with van der Waals surface area (Å²) in [5.41, 5.74) is -0.741. The molecule has 1 aromatic carbocycles. The molecule has 0 aliphatic carbocycles. The first kappa shape index (κ1) is 15.0. The van der Waals surface area contributed by atoms with Crippen LogP contribution in [0.3, 0.4) is 0 Å². The third-order valence-corrected chi connectivity index (χ3v) is 2.96. The standard InChI is InChI=1S/C14H19F3O/c1-2-3-4-5-10-13(18)11-8-6-7-9-12(11)14(15,16)17/h6-9,13,18H,2-5,10H2,1H3. The van der Waals surface area contributed by atoms with Gasteiger partial charge < -0.3 is 5.11 Å². The van der Waals surface area contributed by atoms with E-state index < -0.39 is 17.8 Å². The molecular weight excluding hydrogens is 241 g/mol. The number of benzene rings is 1. The number of unbranched alkanes of at least 4 members (excludes halogenated alkanes) is 3. The molecule has 0 radical (unpaired) electrons. The Morgan fingerprint density at radius 3 is 2.39 bits per heavy atom. The van der Waals surface area contributed by atoms with Crippen LogP contribution in [0.5, 0.6) is 0 Å². The van der Waals surface area contributed by atoms with Crippen LogP contribution in [0, 0.1) is 0 Å². The molecule has 0 spiro atoms. The van der Waals surface area contributed by atoms with Crippen molar-refractivity contribution < 1.29 is 18.3 Å². The molecule has 102 valence electrons. The van der Waals surface area contributed by atoms with Gasteiger partial charge in [-0.25, -0.2) is 0 Å². The predicted molar refractivity (Wildman–Crippen MR) is 65.2 cm³/mol. The van der Waals surface area contributed by atoms with Gasteiger partial charge in [-0.15, -0.1) is 0 Å². The number of aliphatic hydroxyl groups is 1. The van der Waals surface area contributed by atoms with Crippen molar-refractivity contribution in [3.8, 4) is 0 Å². The van der Waals surface area contributed by atoms with Crippen LogP contribution < -0.4 is 0 Å². The fraction of sp³-hybridized carbons (Fsp3) is 0.571. The lowest BCUT2D eigenvalue weighted by atomic mass is 9.97. The molecule has 1 atom stereocenters. The summed E-state index contributed by atoms with van der Waals surface area (Å²) < 4.78 is 38.2. The van der Waals surface area contributed by atoms with E-state index in [1.165, 1.54) is 18.2 Å². The van der Waals surface area contributed by atoms with E-state index in [-0.39, 0.29) is 5.56 Å².